The highest BCUT2D eigenvalue weighted by atomic mass is 14.9. The monoisotopic (exact) mass is 471 g/mol. The minimum absolute atomic E-state index is 1.07. The fraction of sp³-hybridized carbons (Fsp3) is 0. The summed E-state index contributed by atoms with van der Waals surface area (Å²) in [7, 11) is 0. The van der Waals surface area contributed by atoms with Crippen molar-refractivity contribution >= 4 is 43.7 Å². The molecule has 7 rings (SSSR count). The topological polar surface area (TPSA) is 12.0 Å². The van der Waals surface area contributed by atoms with E-state index in [0.717, 1.165) is 11.4 Å². The van der Waals surface area contributed by atoms with Crippen LogP contribution in [0.15, 0.2) is 146 Å². The number of nitrogens with one attached hydrogen (secondary N) is 1. The molecule has 0 aromatic heterocycles. The molecule has 0 amide bonds. The van der Waals surface area contributed by atoms with Crippen molar-refractivity contribution in [3.05, 3.63) is 146 Å². The van der Waals surface area contributed by atoms with Gasteiger partial charge >= 0.3 is 0 Å². The average Bonchev–Trinajstić information content (AvgIpc) is 2.98. The predicted molar refractivity (Wildman–Crippen MR) is 160 cm³/mol. The fourth-order valence-corrected chi connectivity index (χ4v) is 5.50. The molecule has 0 heterocycles. The Morgan fingerprint density at radius 3 is 1.57 bits per heavy atom. The smallest absolute Gasteiger partial charge is 0.0390 e. The Kier molecular flexibility index (Phi) is 5.19. The van der Waals surface area contributed by atoms with Crippen LogP contribution in [-0.4, -0.2) is 0 Å². The maximum absolute atomic E-state index is 3.58. The summed E-state index contributed by atoms with van der Waals surface area (Å²) < 4.78 is 0. The van der Waals surface area contributed by atoms with Crippen molar-refractivity contribution in [2.75, 3.05) is 5.32 Å². The van der Waals surface area contributed by atoms with Gasteiger partial charge in [0.1, 0.15) is 0 Å². The van der Waals surface area contributed by atoms with Crippen molar-refractivity contribution in [3.8, 4) is 22.3 Å². The third-order valence-electron chi connectivity index (χ3n) is 7.22. The zero-order valence-electron chi connectivity index (χ0n) is 20.4. The van der Waals surface area contributed by atoms with Gasteiger partial charge in [0.05, 0.1) is 0 Å². The van der Waals surface area contributed by atoms with Crippen LogP contribution in [0.3, 0.4) is 0 Å². The highest BCUT2D eigenvalue weighted by Crippen LogP contribution is 2.40. The molecular weight excluding hydrogens is 446 g/mol. The van der Waals surface area contributed by atoms with Gasteiger partial charge in [0.2, 0.25) is 0 Å². The molecule has 1 heteroatoms. The predicted octanol–water partition coefficient (Wildman–Crippen LogP) is 10.2. The van der Waals surface area contributed by atoms with Crippen molar-refractivity contribution in [2.45, 2.75) is 0 Å². The minimum atomic E-state index is 1.07. The van der Waals surface area contributed by atoms with E-state index < -0.39 is 0 Å². The SMILES string of the molecule is c1ccc(-c2cccc(Nc3ccc(-c4cccc5c6ccccc6c6ccccc6c45)cc3)c2)cc1. The van der Waals surface area contributed by atoms with Crippen molar-refractivity contribution in [1.82, 2.24) is 0 Å². The summed E-state index contributed by atoms with van der Waals surface area (Å²) in [5.41, 5.74) is 7.06. The minimum Gasteiger partial charge on any atom is -0.356 e. The maximum atomic E-state index is 3.58. The first-order chi connectivity index (χ1) is 18.3. The molecule has 0 aliphatic heterocycles. The number of hydrogen-bond donors (Lipinski definition) is 1. The Morgan fingerprint density at radius 1 is 0.324 bits per heavy atom. The molecular formula is C36H25N. The number of anilines is 2. The van der Waals surface area contributed by atoms with Crippen molar-refractivity contribution in [2.24, 2.45) is 0 Å². The van der Waals surface area contributed by atoms with Crippen LogP contribution in [0.2, 0.25) is 0 Å². The molecule has 0 unspecified atom stereocenters. The number of rotatable bonds is 4. The van der Waals surface area contributed by atoms with Gasteiger partial charge < -0.3 is 5.32 Å². The van der Waals surface area contributed by atoms with Crippen LogP contribution < -0.4 is 5.32 Å². The molecule has 37 heavy (non-hydrogen) atoms. The second kappa shape index (κ2) is 8.96. The van der Waals surface area contributed by atoms with E-state index in [1.165, 1.54) is 54.6 Å². The standard InChI is InChI=1S/C36H25N/c1-2-10-25(11-3-1)27-12-8-13-29(24-27)37-28-22-20-26(21-23-28)30-18-9-19-35-33-15-5-4-14-31(33)32-16-6-7-17-34(32)36(30)35/h1-24,37H. The fourth-order valence-electron chi connectivity index (χ4n) is 5.50. The molecule has 0 aliphatic rings. The van der Waals surface area contributed by atoms with Crippen LogP contribution in [0.1, 0.15) is 0 Å². The van der Waals surface area contributed by atoms with Crippen molar-refractivity contribution in [3.63, 3.8) is 0 Å². The van der Waals surface area contributed by atoms with E-state index in [2.05, 4.69) is 145 Å². The summed E-state index contributed by atoms with van der Waals surface area (Å²) in [6.07, 6.45) is 0. The Hall–Kier alpha value is -4.88. The first-order valence-corrected chi connectivity index (χ1v) is 12.7. The molecule has 0 atom stereocenters. The molecule has 0 spiro atoms. The lowest BCUT2D eigenvalue weighted by molar-refractivity contribution is 1.54. The van der Waals surface area contributed by atoms with Crippen molar-refractivity contribution in [1.29, 1.82) is 0 Å². The first-order valence-electron chi connectivity index (χ1n) is 12.7. The molecule has 0 radical (unpaired) electrons. The van der Waals surface area contributed by atoms with Crippen LogP contribution in [-0.2, 0) is 0 Å². The molecule has 0 aliphatic carbocycles. The van der Waals surface area contributed by atoms with Gasteiger partial charge in [-0.3, -0.25) is 0 Å². The molecule has 7 aromatic carbocycles. The van der Waals surface area contributed by atoms with E-state index in [-0.39, 0.29) is 0 Å². The van der Waals surface area contributed by atoms with E-state index in [9.17, 15) is 0 Å². The second-order valence-corrected chi connectivity index (χ2v) is 9.47. The van der Waals surface area contributed by atoms with Gasteiger partial charge in [-0.2, -0.15) is 0 Å². The van der Waals surface area contributed by atoms with Crippen LogP contribution in [0.25, 0.3) is 54.6 Å². The van der Waals surface area contributed by atoms with Gasteiger partial charge in [-0.25, -0.2) is 0 Å². The summed E-state index contributed by atoms with van der Waals surface area (Å²) in [6, 6.07) is 52.0. The van der Waals surface area contributed by atoms with E-state index >= 15 is 0 Å². The number of hydrogen-bond acceptors (Lipinski definition) is 1. The van der Waals surface area contributed by atoms with Gasteiger partial charge in [-0.1, -0.05) is 121 Å². The normalized spacial score (nSPS) is 11.2. The molecule has 0 fully saturated rings. The molecule has 174 valence electrons. The molecule has 7 aromatic rings. The van der Waals surface area contributed by atoms with E-state index in [0.29, 0.717) is 0 Å². The highest BCUT2D eigenvalue weighted by Gasteiger charge is 2.12. The Bertz CT molecular complexity index is 1840. The summed E-state index contributed by atoms with van der Waals surface area (Å²) in [5.74, 6) is 0. The van der Waals surface area contributed by atoms with Crippen LogP contribution in [0.4, 0.5) is 11.4 Å². The largest absolute Gasteiger partial charge is 0.356 e. The van der Waals surface area contributed by atoms with Gasteiger partial charge in [0.25, 0.3) is 0 Å². The summed E-state index contributed by atoms with van der Waals surface area (Å²) >= 11 is 0. The summed E-state index contributed by atoms with van der Waals surface area (Å²) in [4.78, 5) is 0. The van der Waals surface area contributed by atoms with E-state index in [4.69, 9.17) is 0 Å². The highest BCUT2D eigenvalue weighted by molar-refractivity contribution is 6.28. The third kappa shape index (κ3) is 3.82. The summed E-state index contributed by atoms with van der Waals surface area (Å²) in [5, 5.41) is 11.4. The molecule has 1 nitrogen and oxygen atoms in total. The van der Waals surface area contributed by atoms with Crippen LogP contribution >= 0.6 is 0 Å². The zero-order chi connectivity index (χ0) is 24.6. The Balaban J connectivity index is 1.29. The van der Waals surface area contributed by atoms with Crippen LogP contribution in [0.5, 0.6) is 0 Å². The maximum Gasteiger partial charge on any atom is 0.0390 e. The Morgan fingerprint density at radius 2 is 0.865 bits per heavy atom. The van der Waals surface area contributed by atoms with Gasteiger partial charge in [0, 0.05) is 11.4 Å². The number of fused-ring (bicyclic) bond motifs is 6. The third-order valence-corrected chi connectivity index (χ3v) is 7.22. The van der Waals surface area contributed by atoms with Crippen molar-refractivity contribution < 1.29 is 0 Å². The zero-order valence-corrected chi connectivity index (χ0v) is 20.4. The quantitative estimate of drug-likeness (QED) is 0.252. The van der Waals surface area contributed by atoms with Gasteiger partial charge in [0.15, 0.2) is 0 Å². The lowest BCUT2D eigenvalue weighted by Gasteiger charge is -2.15. The average molecular weight is 472 g/mol. The second-order valence-electron chi connectivity index (χ2n) is 9.47. The number of benzene rings is 7. The molecule has 0 saturated heterocycles. The van der Waals surface area contributed by atoms with E-state index in [1.54, 1.807) is 0 Å². The summed E-state index contributed by atoms with van der Waals surface area (Å²) in [6.45, 7) is 0. The van der Waals surface area contributed by atoms with Gasteiger partial charge in [-0.15, -0.1) is 0 Å². The first kappa shape index (κ1) is 21.4. The molecule has 1 N–H and O–H groups in total. The van der Waals surface area contributed by atoms with Gasteiger partial charge in [-0.05, 0) is 78.8 Å². The van der Waals surface area contributed by atoms with Crippen LogP contribution in [0, 0.1) is 0 Å². The molecule has 0 bridgehead atoms. The molecule has 0 saturated carbocycles. The lowest BCUT2D eigenvalue weighted by atomic mass is 9.89. The Labute approximate surface area is 216 Å². The van der Waals surface area contributed by atoms with E-state index in [1.807, 2.05) is 6.07 Å². The lowest BCUT2D eigenvalue weighted by Crippen LogP contribution is -1.91.